The maximum absolute atomic E-state index is 10.4. The molecule has 0 aromatic heterocycles. The minimum Gasteiger partial charge on any atom is -0.376 e. The van der Waals surface area contributed by atoms with Gasteiger partial charge in [-0.25, -0.2) is 0 Å². The summed E-state index contributed by atoms with van der Waals surface area (Å²) in [7, 11) is 0. The molecule has 0 aliphatic heterocycles. The fraction of sp³-hybridized carbons (Fsp3) is 0.222. The first kappa shape index (κ1) is 10.5. The molecule has 0 unspecified atom stereocenters. The van der Waals surface area contributed by atoms with E-state index in [1.807, 2.05) is 24.3 Å². The summed E-state index contributed by atoms with van der Waals surface area (Å²) < 4.78 is 1.10. The first-order valence-electron chi connectivity index (χ1n) is 3.81. The highest BCUT2D eigenvalue weighted by molar-refractivity contribution is 14.1. The van der Waals surface area contributed by atoms with Crippen LogP contribution in [-0.2, 0) is 11.3 Å². The Labute approximate surface area is 90.5 Å². The number of carbonyl (C=O) groups excluding carboxylic acids is 1. The number of benzene rings is 1. The zero-order valence-electron chi connectivity index (χ0n) is 6.98. The molecule has 1 aromatic rings. The fourth-order valence-electron chi connectivity index (χ4n) is 0.966. The van der Waals surface area contributed by atoms with Gasteiger partial charge in [-0.3, -0.25) is 4.79 Å². The largest absolute Gasteiger partial charge is 0.376 e. The Morgan fingerprint density at radius 3 is 2.69 bits per heavy atom. The molecule has 1 N–H and O–H groups in total. The van der Waals surface area contributed by atoms with Crippen LogP contribution < -0.4 is 0 Å². The van der Waals surface area contributed by atoms with Gasteiger partial charge in [-0.2, -0.15) is 0 Å². The van der Waals surface area contributed by atoms with Crippen LogP contribution >= 0.6 is 22.6 Å². The molecule has 0 aliphatic rings. The van der Waals surface area contributed by atoms with Crippen molar-refractivity contribution in [2.45, 2.75) is 6.54 Å². The number of aliphatic hydroxyl groups excluding tert-OH is 1. The van der Waals surface area contributed by atoms with Crippen LogP contribution in [0.3, 0.4) is 0 Å². The highest BCUT2D eigenvalue weighted by atomic mass is 127. The minimum absolute atomic E-state index is 0.242. The van der Waals surface area contributed by atoms with Crippen molar-refractivity contribution in [2.75, 3.05) is 6.73 Å². The average molecular weight is 291 g/mol. The van der Waals surface area contributed by atoms with Gasteiger partial charge in [0.25, 0.3) is 0 Å². The van der Waals surface area contributed by atoms with E-state index < -0.39 is 0 Å². The van der Waals surface area contributed by atoms with E-state index in [1.165, 1.54) is 4.90 Å². The summed E-state index contributed by atoms with van der Waals surface area (Å²) in [5.41, 5.74) is 1.05. The van der Waals surface area contributed by atoms with E-state index >= 15 is 0 Å². The number of amides is 1. The molecule has 0 spiro atoms. The number of carbonyl (C=O) groups is 1. The van der Waals surface area contributed by atoms with E-state index in [0.717, 1.165) is 9.13 Å². The SMILES string of the molecule is O=CN(CO)Cc1ccccc1I. The van der Waals surface area contributed by atoms with E-state index in [9.17, 15) is 4.79 Å². The number of halogens is 1. The quantitative estimate of drug-likeness (QED) is 0.514. The predicted molar refractivity (Wildman–Crippen MR) is 57.9 cm³/mol. The summed E-state index contributed by atoms with van der Waals surface area (Å²) in [4.78, 5) is 11.7. The van der Waals surface area contributed by atoms with Gasteiger partial charge >= 0.3 is 0 Å². The zero-order valence-corrected chi connectivity index (χ0v) is 9.14. The van der Waals surface area contributed by atoms with Crippen molar-refractivity contribution < 1.29 is 9.90 Å². The lowest BCUT2D eigenvalue weighted by molar-refractivity contribution is -0.122. The van der Waals surface area contributed by atoms with Crippen molar-refractivity contribution in [1.29, 1.82) is 0 Å². The summed E-state index contributed by atoms with van der Waals surface area (Å²) in [5.74, 6) is 0. The summed E-state index contributed by atoms with van der Waals surface area (Å²) in [6.07, 6.45) is 0.642. The normalized spacial score (nSPS) is 9.69. The van der Waals surface area contributed by atoms with E-state index in [4.69, 9.17) is 5.11 Å². The number of hydrogen-bond donors (Lipinski definition) is 1. The molecule has 4 heteroatoms. The van der Waals surface area contributed by atoms with Crippen molar-refractivity contribution in [3.05, 3.63) is 33.4 Å². The van der Waals surface area contributed by atoms with Crippen LogP contribution in [0.1, 0.15) is 5.56 Å². The third-order valence-corrected chi connectivity index (χ3v) is 2.71. The number of nitrogens with zero attached hydrogens (tertiary/aromatic N) is 1. The van der Waals surface area contributed by atoms with Gasteiger partial charge in [0, 0.05) is 10.1 Å². The van der Waals surface area contributed by atoms with Gasteiger partial charge in [0.2, 0.25) is 6.41 Å². The molecule has 0 fully saturated rings. The second-order valence-corrected chi connectivity index (χ2v) is 3.75. The smallest absolute Gasteiger partial charge is 0.211 e. The molecule has 0 radical (unpaired) electrons. The van der Waals surface area contributed by atoms with Crippen molar-refractivity contribution in [3.8, 4) is 0 Å². The van der Waals surface area contributed by atoms with Crippen molar-refractivity contribution >= 4 is 29.0 Å². The molecule has 0 bridgehead atoms. The fourth-order valence-corrected chi connectivity index (χ4v) is 1.52. The summed E-state index contributed by atoms with van der Waals surface area (Å²) in [5, 5.41) is 8.77. The molecular weight excluding hydrogens is 281 g/mol. The molecule has 1 rings (SSSR count). The van der Waals surface area contributed by atoms with Gasteiger partial charge in [0.05, 0.1) is 0 Å². The van der Waals surface area contributed by atoms with Gasteiger partial charge in [-0.1, -0.05) is 18.2 Å². The molecule has 0 heterocycles. The Balaban J connectivity index is 2.73. The third-order valence-electron chi connectivity index (χ3n) is 1.66. The molecule has 0 aliphatic carbocycles. The average Bonchev–Trinajstić information content (AvgIpc) is 2.17. The maximum atomic E-state index is 10.4. The van der Waals surface area contributed by atoms with E-state index in [-0.39, 0.29) is 6.73 Å². The van der Waals surface area contributed by atoms with Crippen LogP contribution in [0.25, 0.3) is 0 Å². The van der Waals surface area contributed by atoms with Crippen molar-refractivity contribution in [1.82, 2.24) is 4.90 Å². The van der Waals surface area contributed by atoms with Gasteiger partial charge in [0.15, 0.2) is 0 Å². The highest BCUT2D eigenvalue weighted by Crippen LogP contribution is 2.12. The Morgan fingerprint density at radius 2 is 2.15 bits per heavy atom. The van der Waals surface area contributed by atoms with E-state index in [2.05, 4.69) is 22.6 Å². The molecule has 0 atom stereocenters. The first-order valence-corrected chi connectivity index (χ1v) is 4.89. The second-order valence-electron chi connectivity index (χ2n) is 2.59. The molecular formula is C9H10INO2. The van der Waals surface area contributed by atoms with E-state index in [1.54, 1.807) is 0 Å². The zero-order chi connectivity index (χ0) is 9.68. The van der Waals surface area contributed by atoms with Gasteiger partial charge < -0.3 is 10.0 Å². The molecule has 1 aromatic carbocycles. The lowest BCUT2D eigenvalue weighted by Gasteiger charge is -2.14. The van der Waals surface area contributed by atoms with Crippen molar-refractivity contribution in [2.24, 2.45) is 0 Å². The number of aliphatic hydroxyl groups is 1. The molecule has 3 nitrogen and oxygen atoms in total. The third kappa shape index (κ3) is 2.96. The monoisotopic (exact) mass is 291 g/mol. The van der Waals surface area contributed by atoms with Crippen LogP contribution in [0.15, 0.2) is 24.3 Å². The molecule has 1 amide bonds. The van der Waals surface area contributed by atoms with Gasteiger partial charge in [-0.15, -0.1) is 0 Å². The standard InChI is InChI=1S/C9H10INO2/c10-9-4-2-1-3-8(9)5-11(6-12)7-13/h1-4,6,13H,5,7H2. The van der Waals surface area contributed by atoms with Crippen molar-refractivity contribution in [3.63, 3.8) is 0 Å². The highest BCUT2D eigenvalue weighted by Gasteiger charge is 2.03. The Morgan fingerprint density at radius 1 is 1.46 bits per heavy atom. The van der Waals surface area contributed by atoms with Crippen LogP contribution in [0.2, 0.25) is 0 Å². The summed E-state index contributed by atoms with van der Waals surface area (Å²) in [6, 6.07) is 7.76. The molecule has 13 heavy (non-hydrogen) atoms. The Kier molecular flexibility index (Phi) is 4.17. The topological polar surface area (TPSA) is 40.5 Å². The van der Waals surface area contributed by atoms with Crippen LogP contribution in [0.4, 0.5) is 0 Å². The molecule has 0 saturated heterocycles. The minimum atomic E-state index is -0.242. The summed E-state index contributed by atoms with van der Waals surface area (Å²) in [6.45, 7) is 0.216. The lowest BCUT2D eigenvalue weighted by Crippen LogP contribution is -2.22. The van der Waals surface area contributed by atoms with Crippen LogP contribution in [-0.4, -0.2) is 23.1 Å². The number of hydrogen-bond acceptors (Lipinski definition) is 2. The predicted octanol–water partition coefficient (Wildman–Crippen LogP) is 1.20. The lowest BCUT2D eigenvalue weighted by atomic mass is 10.2. The Hall–Kier alpha value is -0.620. The summed E-state index contributed by atoms with van der Waals surface area (Å²) >= 11 is 2.20. The second kappa shape index (κ2) is 5.18. The van der Waals surface area contributed by atoms with Crippen LogP contribution in [0, 0.1) is 3.57 Å². The number of rotatable bonds is 4. The Bertz CT molecular complexity index is 291. The van der Waals surface area contributed by atoms with Crippen LogP contribution in [0.5, 0.6) is 0 Å². The molecule has 70 valence electrons. The van der Waals surface area contributed by atoms with Gasteiger partial charge in [-0.05, 0) is 34.2 Å². The molecule has 0 saturated carbocycles. The maximum Gasteiger partial charge on any atom is 0.211 e. The van der Waals surface area contributed by atoms with Gasteiger partial charge in [0.1, 0.15) is 6.73 Å². The first-order chi connectivity index (χ1) is 6.27. The van der Waals surface area contributed by atoms with E-state index in [0.29, 0.717) is 13.0 Å².